The number of fused-ring (bicyclic) bond motifs is 1. The summed E-state index contributed by atoms with van der Waals surface area (Å²) < 4.78 is 35.1. The first-order chi connectivity index (χ1) is 14.5. The number of sulfonamides is 1. The van der Waals surface area contributed by atoms with Crippen molar-refractivity contribution < 1.29 is 13.2 Å². The van der Waals surface area contributed by atoms with Gasteiger partial charge in [0, 0.05) is 6.20 Å². The molecule has 7 nitrogen and oxygen atoms in total. The Balaban J connectivity index is 1.63. The Morgan fingerprint density at radius 2 is 1.87 bits per heavy atom. The predicted molar refractivity (Wildman–Crippen MR) is 115 cm³/mol. The second-order valence-corrected chi connectivity index (χ2v) is 8.72. The number of hydrogen-bond donors (Lipinski definition) is 1. The maximum absolute atomic E-state index is 12.7. The van der Waals surface area contributed by atoms with Crippen LogP contribution in [-0.4, -0.2) is 30.1 Å². The van der Waals surface area contributed by atoms with Crippen LogP contribution in [0.2, 0.25) is 0 Å². The number of ether oxygens (including phenoxy) is 1. The van der Waals surface area contributed by atoms with Gasteiger partial charge in [-0.15, -0.1) is 0 Å². The van der Waals surface area contributed by atoms with Crippen molar-refractivity contribution in [2.24, 2.45) is 0 Å². The van der Waals surface area contributed by atoms with Crippen LogP contribution >= 0.6 is 0 Å². The summed E-state index contributed by atoms with van der Waals surface area (Å²) in [5.74, 6) is 1.20. The number of aromatic nitrogens is 3. The standard InChI is InChI=1S/C22H22N4O3S/c1-16-5-3-6-17(13-16)15-26-21(25-20-7-4-12-23-22(20)26)14-24-30(27,28)19-10-8-18(29-2)9-11-19/h3-13,24H,14-15H2,1-2H3. The number of rotatable bonds is 7. The molecule has 0 atom stereocenters. The Morgan fingerprint density at radius 3 is 2.60 bits per heavy atom. The molecular formula is C22H22N4O3S. The molecule has 0 aliphatic heterocycles. The van der Waals surface area contributed by atoms with E-state index >= 15 is 0 Å². The van der Waals surface area contributed by atoms with Crippen LogP contribution in [-0.2, 0) is 23.1 Å². The van der Waals surface area contributed by atoms with Crippen molar-refractivity contribution in [1.82, 2.24) is 19.3 Å². The highest BCUT2D eigenvalue weighted by Gasteiger charge is 2.18. The van der Waals surface area contributed by atoms with Gasteiger partial charge < -0.3 is 9.30 Å². The van der Waals surface area contributed by atoms with Gasteiger partial charge in [0.1, 0.15) is 17.1 Å². The van der Waals surface area contributed by atoms with Crippen LogP contribution in [0.5, 0.6) is 5.75 Å². The summed E-state index contributed by atoms with van der Waals surface area (Å²) >= 11 is 0. The van der Waals surface area contributed by atoms with Crippen LogP contribution in [0.25, 0.3) is 11.2 Å². The van der Waals surface area contributed by atoms with Gasteiger partial charge in [-0.25, -0.2) is 23.1 Å². The summed E-state index contributed by atoms with van der Waals surface area (Å²) in [6, 6.07) is 18.1. The van der Waals surface area contributed by atoms with Gasteiger partial charge >= 0.3 is 0 Å². The molecular weight excluding hydrogens is 400 g/mol. The van der Waals surface area contributed by atoms with E-state index in [1.165, 1.54) is 19.2 Å². The molecule has 2 heterocycles. The molecule has 0 fully saturated rings. The third-order valence-electron chi connectivity index (χ3n) is 4.80. The lowest BCUT2D eigenvalue weighted by atomic mass is 10.1. The van der Waals surface area contributed by atoms with Crippen LogP contribution in [0.1, 0.15) is 17.0 Å². The largest absolute Gasteiger partial charge is 0.497 e. The number of pyridine rings is 1. The van der Waals surface area contributed by atoms with Crippen molar-refractivity contribution >= 4 is 21.2 Å². The lowest BCUT2D eigenvalue weighted by molar-refractivity contribution is 0.414. The highest BCUT2D eigenvalue weighted by Crippen LogP contribution is 2.19. The van der Waals surface area contributed by atoms with E-state index in [0.717, 1.165) is 22.3 Å². The van der Waals surface area contributed by atoms with Gasteiger partial charge in [-0.1, -0.05) is 29.8 Å². The molecule has 0 radical (unpaired) electrons. The van der Waals surface area contributed by atoms with E-state index in [1.54, 1.807) is 18.3 Å². The lowest BCUT2D eigenvalue weighted by Crippen LogP contribution is -2.25. The average molecular weight is 423 g/mol. The zero-order valence-electron chi connectivity index (χ0n) is 16.7. The molecule has 0 saturated carbocycles. The molecule has 154 valence electrons. The molecule has 2 aromatic carbocycles. The minimum absolute atomic E-state index is 0.0521. The number of hydrogen-bond acceptors (Lipinski definition) is 5. The van der Waals surface area contributed by atoms with E-state index in [4.69, 9.17) is 4.74 Å². The van der Waals surface area contributed by atoms with E-state index < -0.39 is 10.0 Å². The van der Waals surface area contributed by atoms with E-state index in [1.807, 2.05) is 41.8 Å². The quantitative estimate of drug-likeness (QED) is 0.494. The summed E-state index contributed by atoms with van der Waals surface area (Å²) in [7, 11) is -2.16. The lowest BCUT2D eigenvalue weighted by Gasteiger charge is -2.11. The van der Waals surface area contributed by atoms with Gasteiger partial charge in [0.05, 0.1) is 25.1 Å². The first kappa shape index (κ1) is 20.1. The Hall–Kier alpha value is -3.23. The third-order valence-corrected chi connectivity index (χ3v) is 6.21. The fourth-order valence-corrected chi connectivity index (χ4v) is 4.28. The summed E-state index contributed by atoms with van der Waals surface area (Å²) in [5.41, 5.74) is 3.70. The van der Waals surface area contributed by atoms with E-state index in [2.05, 4.69) is 20.8 Å². The molecule has 8 heteroatoms. The Kier molecular flexibility index (Phi) is 5.52. The van der Waals surface area contributed by atoms with Gasteiger partial charge in [0.2, 0.25) is 10.0 Å². The van der Waals surface area contributed by atoms with Crippen molar-refractivity contribution in [2.75, 3.05) is 7.11 Å². The number of imidazole rings is 1. The van der Waals surface area contributed by atoms with Gasteiger partial charge in [0.25, 0.3) is 0 Å². The highest BCUT2D eigenvalue weighted by atomic mass is 32.2. The zero-order chi connectivity index (χ0) is 21.1. The Labute approximate surface area is 175 Å². The molecule has 0 aliphatic rings. The molecule has 0 bridgehead atoms. The summed E-state index contributed by atoms with van der Waals surface area (Å²) in [4.78, 5) is 9.23. The van der Waals surface area contributed by atoms with Crippen LogP contribution in [0.15, 0.2) is 71.8 Å². The molecule has 1 N–H and O–H groups in total. The maximum atomic E-state index is 12.7. The van der Waals surface area contributed by atoms with Crippen molar-refractivity contribution in [2.45, 2.75) is 24.9 Å². The van der Waals surface area contributed by atoms with Crippen molar-refractivity contribution in [3.05, 3.63) is 83.8 Å². The average Bonchev–Trinajstić information content (AvgIpc) is 3.10. The SMILES string of the molecule is COc1ccc(S(=O)(=O)NCc2nc3cccnc3n2Cc2cccc(C)c2)cc1. The Bertz CT molecular complexity index is 1280. The van der Waals surface area contributed by atoms with E-state index in [9.17, 15) is 8.42 Å². The van der Waals surface area contributed by atoms with Crippen LogP contribution < -0.4 is 9.46 Å². The summed E-state index contributed by atoms with van der Waals surface area (Å²) in [6.45, 7) is 2.64. The van der Waals surface area contributed by atoms with Gasteiger partial charge in [-0.2, -0.15) is 0 Å². The van der Waals surface area contributed by atoms with Crippen LogP contribution in [0, 0.1) is 6.92 Å². The number of aryl methyl sites for hydroxylation is 1. The zero-order valence-corrected chi connectivity index (χ0v) is 17.6. The number of nitrogens with one attached hydrogen (secondary N) is 1. The molecule has 2 aromatic heterocycles. The highest BCUT2D eigenvalue weighted by molar-refractivity contribution is 7.89. The van der Waals surface area contributed by atoms with Crippen molar-refractivity contribution in [3.63, 3.8) is 0 Å². The number of nitrogens with zero attached hydrogens (tertiary/aromatic N) is 3. The molecule has 0 aliphatic carbocycles. The van der Waals surface area contributed by atoms with Gasteiger partial charge in [0.15, 0.2) is 5.65 Å². The molecule has 30 heavy (non-hydrogen) atoms. The van der Waals surface area contributed by atoms with Crippen LogP contribution in [0.3, 0.4) is 0 Å². The fourth-order valence-electron chi connectivity index (χ4n) is 3.30. The monoisotopic (exact) mass is 422 g/mol. The van der Waals surface area contributed by atoms with Gasteiger partial charge in [-0.3, -0.25) is 0 Å². The normalized spacial score (nSPS) is 11.7. The first-order valence-corrected chi connectivity index (χ1v) is 10.9. The first-order valence-electron chi connectivity index (χ1n) is 9.46. The minimum Gasteiger partial charge on any atom is -0.497 e. The Morgan fingerprint density at radius 1 is 1.07 bits per heavy atom. The minimum atomic E-state index is -3.70. The second-order valence-electron chi connectivity index (χ2n) is 6.95. The number of benzene rings is 2. The van der Waals surface area contributed by atoms with Crippen molar-refractivity contribution in [1.29, 1.82) is 0 Å². The third kappa shape index (κ3) is 4.19. The van der Waals surface area contributed by atoms with E-state index in [0.29, 0.717) is 18.1 Å². The van der Waals surface area contributed by atoms with Gasteiger partial charge in [-0.05, 0) is 48.9 Å². The molecule has 0 saturated heterocycles. The molecule has 4 aromatic rings. The topological polar surface area (TPSA) is 86.1 Å². The smallest absolute Gasteiger partial charge is 0.240 e. The predicted octanol–water partition coefficient (Wildman–Crippen LogP) is 3.28. The fraction of sp³-hybridized carbons (Fsp3) is 0.182. The summed E-state index contributed by atoms with van der Waals surface area (Å²) in [5, 5.41) is 0. The van der Waals surface area contributed by atoms with Crippen LogP contribution in [0.4, 0.5) is 0 Å². The summed E-state index contributed by atoms with van der Waals surface area (Å²) in [6.07, 6.45) is 1.71. The number of methoxy groups -OCH3 is 1. The van der Waals surface area contributed by atoms with Crippen molar-refractivity contribution in [3.8, 4) is 5.75 Å². The maximum Gasteiger partial charge on any atom is 0.240 e. The molecule has 4 rings (SSSR count). The molecule has 0 unspecified atom stereocenters. The molecule has 0 spiro atoms. The molecule has 0 amide bonds. The van der Waals surface area contributed by atoms with E-state index in [-0.39, 0.29) is 11.4 Å². The second kappa shape index (κ2) is 8.25.